The summed E-state index contributed by atoms with van der Waals surface area (Å²) < 4.78 is 45.8. The van der Waals surface area contributed by atoms with E-state index in [0.29, 0.717) is 117 Å². The number of carbonyl (C=O) groups excluding carboxylic acids is 6. The first-order chi connectivity index (χ1) is 46.8. The summed E-state index contributed by atoms with van der Waals surface area (Å²) in [6.45, 7) is 25.2. The normalized spacial score (nSPS) is 16.1. The molecule has 12 rings (SSSR count). The SMILES string of the molecule is [C-]#[N+]C(C#N)=C1Sc2c(OC(=O)C3CCCCC3)ccc(OC(=O)C3CCCCC3)c2S1.[C-]#[N+]C(C#N)=C1Sc2c(OC(=O)N3CCOCC3)ccc(OC(=O)N3CCOCC3)c2S1.[C-]#[N+]C(C#N)=C1Sc2c(OC(=O)c3ccncc3)ccc(OC(=O)c3ccncc3)c2S1. The molecule has 3 aromatic carbocycles. The van der Waals surface area contributed by atoms with Crippen LogP contribution in [0.1, 0.15) is 84.9 Å². The number of nitriles is 3. The van der Waals surface area contributed by atoms with E-state index in [4.69, 9.17) is 57.6 Å². The van der Waals surface area contributed by atoms with E-state index in [1.54, 1.807) is 34.1 Å². The van der Waals surface area contributed by atoms with Crippen molar-refractivity contribution in [3.05, 3.63) is 161 Å². The molecular formula is C66H52N10O14S6. The summed E-state index contributed by atoms with van der Waals surface area (Å²) in [7, 11) is 0. The van der Waals surface area contributed by atoms with Crippen LogP contribution in [0.15, 0.2) is 145 Å². The van der Waals surface area contributed by atoms with Gasteiger partial charge in [0.25, 0.3) is 17.1 Å². The number of rotatable bonds is 10. The number of esters is 4. The molecule has 7 heterocycles. The Morgan fingerprint density at radius 3 is 0.958 bits per heavy atom. The quantitative estimate of drug-likeness (QED) is 0.0543. The molecule has 2 aromatic heterocycles. The third-order valence-electron chi connectivity index (χ3n) is 15.0. The number of thioether (sulfide) groups is 6. The molecule has 7 aliphatic rings. The Balaban J connectivity index is 0.000000157. The molecule has 5 aliphatic heterocycles. The van der Waals surface area contributed by atoms with Gasteiger partial charge in [0.2, 0.25) is 0 Å². The summed E-state index contributed by atoms with van der Waals surface area (Å²) in [6.07, 6.45) is 14.6. The van der Waals surface area contributed by atoms with Gasteiger partial charge in [0.15, 0.2) is 0 Å². The van der Waals surface area contributed by atoms with Crippen LogP contribution in [-0.4, -0.2) is 108 Å². The van der Waals surface area contributed by atoms with Crippen LogP contribution >= 0.6 is 70.6 Å². The first kappa shape index (κ1) is 69.4. The number of aromatic nitrogens is 2. The van der Waals surface area contributed by atoms with Crippen molar-refractivity contribution < 1.29 is 66.7 Å². The minimum absolute atomic E-state index is 0.0229. The van der Waals surface area contributed by atoms with Crippen molar-refractivity contribution >= 4 is 107 Å². The number of allylic oxidation sites excluding steroid dienone is 3. The number of benzene rings is 3. The van der Waals surface area contributed by atoms with Gasteiger partial charge in [-0.15, -0.1) is 0 Å². The summed E-state index contributed by atoms with van der Waals surface area (Å²) in [6, 6.07) is 21.2. The van der Waals surface area contributed by atoms with E-state index in [0.717, 1.165) is 111 Å². The molecule has 0 N–H and O–H groups in total. The fraction of sp³-hybridized carbons (Fsp3) is 0.303. The smallest absolute Gasteiger partial charge is 0.415 e. The van der Waals surface area contributed by atoms with E-state index in [1.165, 1.54) is 84.7 Å². The van der Waals surface area contributed by atoms with Gasteiger partial charge in [0.1, 0.15) is 34.5 Å². The average molecular weight is 1400 g/mol. The zero-order chi connectivity index (χ0) is 67.5. The van der Waals surface area contributed by atoms with E-state index in [-0.39, 0.29) is 63.9 Å². The van der Waals surface area contributed by atoms with Gasteiger partial charge in [-0.25, -0.2) is 49.5 Å². The molecule has 4 fully saturated rings. The molecule has 0 atom stereocenters. The molecule has 2 saturated heterocycles. The first-order valence-electron chi connectivity index (χ1n) is 29.7. The lowest BCUT2D eigenvalue weighted by molar-refractivity contribution is -0.141. The second kappa shape index (κ2) is 33.8. The lowest BCUT2D eigenvalue weighted by Gasteiger charge is -2.27. The Hall–Kier alpha value is -9.44. The van der Waals surface area contributed by atoms with Crippen LogP contribution in [0.3, 0.4) is 0 Å². The van der Waals surface area contributed by atoms with E-state index < -0.39 is 24.1 Å². The number of fused-ring (bicyclic) bond motifs is 3. The molecule has 2 amide bonds. The number of carbonyl (C=O) groups is 6. The van der Waals surface area contributed by atoms with Crippen LogP contribution in [0, 0.1) is 65.5 Å². The molecule has 2 aliphatic carbocycles. The van der Waals surface area contributed by atoms with Gasteiger partial charge in [-0.05, 0) is 86.3 Å². The minimum atomic E-state index is -0.593. The maximum absolute atomic E-state index is 12.7. The van der Waals surface area contributed by atoms with Crippen molar-refractivity contribution in [1.29, 1.82) is 15.8 Å². The summed E-state index contributed by atoms with van der Waals surface area (Å²) in [5.41, 5.74) is 0.422. The van der Waals surface area contributed by atoms with Crippen molar-refractivity contribution in [3.8, 4) is 52.7 Å². The number of morpholine rings is 2. The highest BCUT2D eigenvalue weighted by Crippen LogP contribution is 2.62. The Labute approximate surface area is 576 Å². The second-order valence-corrected chi connectivity index (χ2v) is 27.9. The summed E-state index contributed by atoms with van der Waals surface area (Å²) in [5.74, 6) is -0.0961. The van der Waals surface area contributed by atoms with Crippen LogP contribution in [0.2, 0.25) is 0 Å². The Bertz CT molecular complexity index is 3820. The zero-order valence-electron chi connectivity index (χ0n) is 50.6. The summed E-state index contributed by atoms with van der Waals surface area (Å²) in [4.78, 5) is 99.6. The molecule has 0 radical (unpaired) electrons. The van der Waals surface area contributed by atoms with E-state index in [1.807, 2.05) is 18.2 Å². The molecule has 30 heteroatoms. The van der Waals surface area contributed by atoms with Crippen LogP contribution < -0.4 is 28.4 Å². The monoisotopic (exact) mass is 1400 g/mol. The standard InChI is InChI=1S/C24H24N2O4S2.C22H10N4O4S2.C20H18N4O6S2/c1-26-17(14-25)24-31-20-18(29-22(27)15-8-4-2-5-9-15)12-13-19(21(20)32-24)30-23(28)16-10-6-3-7-11-16;1-24-15(12-23)22-31-18-16(29-20(27)13-4-8-25-9-5-13)2-3-17(19(18)32-22)30-21(28)14-6-10-26-11-7-14;1-22-13(12-21)18-31-16-14(29-19(25)23-4-8-27-9-5-23)2-3-15(17(16)32-18)30-20(26)24-6-10-28-11-7-24/h12-13,15-16H,2-11H2;2-11H;2-3H,4-11H2. The van der Waals surface area contributed by atoms with Crippen LogP contribution in [-0.2, 0) is 19.1 Å². The highest BCUT2D eigenvalue weighted by atomic mass is 32.2. The minimum Gasteiger partial charge on any atom is -0.425 e. The topological polar surface area (TPSA) is 293 Å². The molecule has 0 bridgehead atoms. The Morgan fingerprint density at radius 1 is 0.417 bits per heavy atom. The van der Waals surface area contributed by atoms with Gasteiger partial charge in [-0.2, -0.15) is 0 Å². The average Bonchev–Trinajstić information content (AvgIpc) is 1.64. The predicted molar refractivity (Wildman–Crippen MR) is 352 cm³/mol. The third-order valence-corrected chi connectivity index (χ3v) is 22.8. The Morgan fingerprint density at radius 2 is 0.688 bits per heavy atom. The lowest BCUT2D eigenvalue weighted by Crippen LogP contribution is -2.42. The largest absolute Gasteiger partial charge is 0.425 e. The van der Waals surface area contributed by atoms with Gasteiger partial charge < -0.3 is 47.7 Å². The highest BCUT2D eigenvalue weighted by molar-refractivity contribution is 8.25. The number of nitrogens with zero attached hydrogens (tertiary/aromatic N) is 10. The zero-order valence-corrected chi connectivity index (χ0v) is 55.5. The van der Waals surface area contributed by atoms with E-state index in [2.05, 4.69) is 24.5 Å². The second-order valence-electron chi connectivity index (χ2n) is 21.0. The van der Waals surface area contributed by atoms with Crippen LogP contribution in [0.25, 0.3) is 14.5 Å². The van der Waals surface area contributed by atoms with E-state index >= 15 is 0 Å². The van der Waals surface area contributed by atoms with E-state index in [9.17, 15) is 44.6 Å². The van der Waals surface area contributed by atoms with Gasteiger partial charge >= 0.3 is 36.1 Å². The maximum atomic E-state index is 12.7. The highest BCUT2D eigenvalue weighted by Gasteiger charge is 2.36. The molecule has 24 nitrogen and oxygen atoms in total. The van der Waals surface area contributed by atoms with Gasteiger partial charge in [-0.3, -0.25) is 19.6 Å². The number of ether oxygens (including phenoxy) is 8. The van der Waals surface area contributed by atoms with Crippen LogP contribution in [0.4, 0.5) is 9.59 Å². The van der Waals surface area contributed by atoms with Gasteiger partial charge in [-0.1, -0.05) is 109 Å². The van der Waals surface area contributed by atoms with Gasteiger partial charge in [0, 0.05) is 51.0 Å². The molecule has 2 saturated carbocycles. The number of hydrogen-bond acceptors (Lipinski definition) is 25. The van der Waals surface area contributed by atoms with Crippen molar-refractivity contribution in [2.45, 2.75) is 93.6 Å². The fourth-order valence-corrected chi connectivity index (χ4v) is 17.5. The van der Waals surface area contributed by atoms with Crippen molar-refractivity contribution in [2.75, 3.05) is 52.6 Å². The Kier molecular flexibility index (Phi) is 24.4. The lowest BCUT2D eigenvalue weighted by atomic mass is 9.89. The molecule has 5 aromatic rings. The summed E-state index contributed by atoms with van der Waals surface area (Å²) in [5, 5.41) is 27.9. The van der Waals surface area contributed by atoms with Crippen molar-refractivity contribution in [3.63, 3.8) is 0 Å². The molecule has 486 valence electrons. The molecular weight excluding hydrogens is 1350 g/mol. The van der Waals surface area contributed by atoms with Crippen molar-refractivity contribution in [1.82, 2.24) is 19.8 Å². The number of hydrogen-bond donors (Lipinski definition) is 0. The fourth-order valence-electron chi connectivity index (χ4n) is 10.1. The van der Waals surface area contributed by atoms with Crippen molar-refractivity contribution in [2.24, 2.45) is 11.8 Å². The third kappa shape index (κ3) is 17.1. The predicted octanol–water partition coefficient (Wildman–Crippen LogP) is 14.4. The summed E-state index contributed by atoms with van der Waals surface area (Å²) >= 11 is 6.96. The molecule has 0 spiro atoms. The maximum Gasteiger partial charge on any atom is 0.415 e. The molecule has 96 heavy (non-hydrogen) atoms. The van der Waals surface area contributed by atoms with Gasteiger partial charge in [0.05, 0.1) is 129 Å². The number of amides is 2. The number of pyridine rings is 2. The first-order valence-corrected chi connectivity index (χ1v) is 34.6. The van der Waals surface area contributed by atoms with Crippen LogP contribution in [0.5, 0.6) is 34.5 Å². The molecule has 0 unspecified atom stereocenters.